The molecule has 24 heavy (non-hydrogen) atoms. The highest BCUT2D eigenvalue weighted by molar-refractivity contribution is 6.30. The van der Waals surface area contributed by atoms with Gasteiger partial charge in [-0.1, -0.05) is 17.7 Å². The molecule has 0 aliphatic heterocycles. The molecule has 0 heterocycles. The van der Waals surface area contributed by atoms with Gasteiger partial charge in [0, 0.05) is 43.1 Å². The van der Waals surface area contributed by atoms with Crippen LogP contribution in [0.25, 0.3) is 0 Å². The van der Waals surface area contributed by atoms with Crippen LogP contribution in [-0.2, 0) is 4.79 Å². The number of amides is 2. The van der Waals surface area contributed by atoms with Crippen LogP contribution in [0.2, 0.25) is 5.02 Å². The molecule has 0 aliphatic carbocycles. The van der Waals surface area contributed by atoms with Crippen molar-refractivity contribution in [2.24, 2.45) is 0 Å². The lowest BCUT2D eigenvalue weighted by Gasteiger charge is -2.18. The molecule has 1 N–H and O–H groups in total. The summed E-state index contributed by atoms with van der Waals surface area (Å²) in [6, 6.07) is 14.1. The lowest BCUT2D eigenvalue weighted by Crippen LogP contribution is -2.35. The number of hydrogen-bond donors (Lipinski definition) is 1. The molecule has 2 rings (SSSR count). The summed E-state index contributed by atoms with van der Waals surface area (Å²) >= 11 is 5.81. The van der Waals surface area contributed by atoms with Gasteiger partial charge in [-0.25, -0.2) is 0 Å². The van der Waals surface area contributed by atoms with Gasteiger partial charge in [-0.05, 0) is 42.5 Å². The van der Waals surface area contributed by atoms with E-state index in [1.807, 2.05) is 31.1 Å². The van der Waals surface area contributed by atoms with Crippen molar-refractivity contribution >= 4 is 34.8 Å². The molecule has 0 atom stereocenters. The number of hydrogen-bond acceptors (Lipinski definition) is 3. The molecule has 0 aromatic heterocycles. The molecule has 2 aromatic carbocycles. The molecule has 0 saturated heterocycles. The van der Waals surface area contributed by atoms with Crippen molar-refractivity contribution in [1.29, 1.82) is 0 Å². The third-order valence-electron chi connectivity index (χ3n) is 3.46. The first-order chi connectivity index (χ1) is 11.4. The summed E-state index contributed by atoms with van der Waals surface area (Å²) in [5.41, 5.74) is 2.11. The third kappa shape index (κ3) is 4.73. The van der Waals surface area contributed by atoms with E-state index in [0.29, 0.717) is 16.3 Å². The number of anilines is 2. The number of likely N-dealkylation sites (N-methyl/N-ethyl adjacent to an activating group) is 1. The maximum atomic E-state index is 12.5. The summed E-state index contributed by atoms with van der Waals surface area (Å²) < 4.78 is 0. The molecule has 0 radical (unpaired) electrons. The molecular weight excluding hydrogens is 326 g/mol. The van der Waals surface area contributed by atoms with E-state index in [1.54, 1.807) is 43.4 Å². The number of nitrogens with one attached hydrogen (secondary N) is 1. The largest absolute Gasteiger partial charge is 0.378 e. The van der Waals surface area contributed by atoms with E-state index in [9.17, 15) is 9.59 Å². The quantitative estimate of drug-likeness (QED) is 0.905. The van der Waals surface area contributed by atoms with Crippen LogP contribution < -0.4 is 10.2 Å². The zero-order valence-corrected chi connectivity index (χ0v) is 14.7. The van der Waals surface area contributed by atoms with Gasteiger partial charge < -0.3 is 15.1 Å². The smallest absolute Gasteiger partial charge is 0.254 e. The van der Waals surface area contributed by atoms with E-state index in [-0.39, 0.29) is 18.4 Å². The second kappa shape index (κ2) is 7.84. The van der Waals surface area contributed by atoms with Crippen molar-refractivity contribution in [2.75, 3.05) is 37.9 Å². The molecule has 0 saturated carbocycles. The lowest BCUT2D eigenvalue weighted by molar-refractivity contribution is -0.116. The summed E-state index contributed by atoms with van der Waals surface area (Å²) in [5, 5.41) is 3.33. The standard InChI is InChI=1S/C18H20ClN3O2/c1-21(2)16-6-4-5-13(11-16)18(24)22(3)12-17(23)20-15-9-7-14(19)8-10-15/h4-11H,12H2,1-3H3,(H,20,23). The molecule has 0 unspecified atom stereocenters. The van der Waals surface area contributed by atoms with Crippen LogP contribution in [0, 0.1) is 0 Å². The van der Waals surface area contributed by atoms with Crippen LogP contribution in [0.3, 0.4) is 0 Å². The van der Waals surface area contributed by atoms with Crippen molar-refractivity contribution < 1.29 is 9.59 Å². The Morgan fingerprint density at radius 3 is 2.33 bits per heavy atom. The predicted molar refractivity (Wildman–Crippen MR) is 97.8 cm³/mol. The molecule has 0 spiro atoms. The maximum absolute atomic E-state index is 12.5. The fourth-order valence-electron chi connectivity index (χ4n) is 2.16. The minimum absolute atomic E-state index is 0.0341. The molecule has 2 aromatic rings. The Balaban J connectivity index is 1.99. The van der Waals surface area contributed by atoms with Crippen LogP contribution in [0.15, 0.2) is 48.5 Å². The SMILES string of the molecule is CN(CC(=O)Nc1ccc(Cl)cc1)C(=O)c1cccc(N(C)C)c1. The molecule has 5 nitrogen and oxygen atoms in total. The number of benzene rings is 2. The van der Waals surface area contributed by atoms with Gasteiger partial charge in [0.05, 0.1) is 6.54 Å². The topological polar surface area (TPSA) is 52.7 Å². The van der Waals surface area contributed by atoms with Gasteiger partial charge in [0.25, 0.3) is 5.91 Å². The summed E-state index contributed by atoms with van der Waals surface area (Å²) in [5.74, 6) is -0.470. The maximum Gasteiger partial charge on any atom is 0.254 e. The number of halogens is 1. The number of nitrogens with zero attached hydrogens (tertiary/aromatic N) is 2. The van der Waals surface area contributed by atoms with Gasteiger partial charge >= 0.3 is 0 Å². The second-order valence-corrected chi connectivity index (χ2v) is 6.10. The molecule has 0 aliphatic rings. The van der Waals surface area contributed by atoms with Gasteiger partial charge in [0.1, 0.15) is 0 Å². The Morgan fingerprint density at radius 1 is 1.04 bits per heavy atom. The Hall–Kier alpha value is -2.53. The van der Waals surface area contributed by atoms with E-state index >= 15 is 0 Å². The van der Waals surface area contributed by atoms with Crippen LogP contribution in [-0.4, -0.2) is 44.4 Å². The fraction of sp³-hybridized carbons (Fsp3) is 0.222. The summed E-state index contributed by atoms with van der Waals surface area (Å²) in [4.78, 5) is 27.8. The van der Waals surface area contributed by atoms with E-state index in [2.05, 4.69) is 5.32 Å². The minimum atomic E-state index is -0.267. The molecule has 0 fully saturated rings. The van der Waals surface area contributed by atoms with Crippen LogP contribution in [0.5, 0.6) is 0 Å². The molecule has 0 bridgehead atoms. The van der Waals surface area contributed by atoms with E-state index in [1.165, 1.54) is 4.90 Å². The Labute approximate surface area is 146 Å². The van der Waals surface area contributed by atoms with Crippen molar-refractivity contribution in [3.63, 3.8) is 0 Å². The van der Waals surface area contributed by atoms with Gasteiger partial charge in [0.15, 0.2) is 0 Å². The normalized spacial score (nSPS) is 10.2. The van der Waals surface area contributed by atoms with E-state index in [0.717, 1.165) is 5.69 Å². The molecule has 2 amide bonds. The Kier molecular flexibility index (Phi) is 5.82. The molecule has 6 heteroatoms. The monoisotopic (exact) mass is 345 g/mol. The highest BCUT2D eigenvalue weighted by Crippen LogP contribution is 2.15. The van der Waals surface area contributed by atoms with Crippen LogP contribution in [0.1, 0.15) is 10.4 Å². The Bertz CT molecular complexity index is 729. The zero-order valence-electron chi connectivity index (χ0n) is 13.9. The second-order valence-electron chi connectivity index (χ2n) is 5.66. The van der Waals surface area contributed by atoms with Crippen molar-refractivity contribution in [3.05, 3.63) is 59.1 Å². The average Bonchev–Trinajstić information content (AvgIpc) is 2.56. The number of carbonyl (C=O) groups excluding carboxylic acids is 2. The first kappa shape index (κ1) is 17.8. The minimum Gasteiger partial charge on any atom is -0.378 e. The van der Waals surface area contributed by atoms with Gasteiger partial charge in [-0.3, -0.25) is 9.59 Å². The predicted octanol–water partition coefficient (Wildman–Crippen LogP) is 3.12. The fourth-order valence-corrected chi connectivity index (χ4v) is 2.28. The van der Waals surface area contributed by atoms with E-state index in [4.69, 9.17) is 11.6 Å². The first-order valence-electron chi connectivity index (χ1n) is 7.45. The van der Waals surface area contributed by atoms with Crippen molar-refractivity contribution in [3.8, 4) is 0 Å². The summed E-state index contributed by atoms with van der Waals surface area (Å²) in [6.07, 6.45) is 0. The lowest BCUT2D eigenvalue weighted by atomic mass is 10.1. The summed E-state index contributed by atoms with van der Waals surface area (Å²) in [6.45, 7) is -0.0341. The zero-order chi connectivity index (χ0) is 17.7. The Morgan fingerprint density at radius 2 is 1.71 bits per heavy atom. The van der Waals surface area contributed by atoms with Gasteiger partial charge in [-0.2, -0.15) is 0 Å². The average molecular weight is 346 g/mol. The highest BCUT2D eigenvalue weighted by Gasteiger charge is 2.15. The van der Waals surface area contributed by atoms with Crippen molar-refractivity contribution in [2.45, 2.75) is 0 Å². The van der Waals surface area contributed by atoms with Crippen LogP contribution >= 0.6 is 11.6 Å². The number of rotatable bonds is 5. The first-order valence-corrected chi connectivity index (χ1v) is 7.83. The molecular formula is C18H20ClN3O2. The third-order valence-corrected chi connectivity index (χ3v) is 3.72. The molecule has 126 valence electrons. The van der Waals surface area contributed by atoms with Crippen molar-refractivity contribution in [1.82, 2.24) is 4.90 Å². The van der Waals surface area contributed by atoms with Gasteiger partial charge in [0.2, 0.25) is 5.91 Å². The van der Waals surface area contributed by atoms with E-state index < -0.39 is 0 Å². The summed E-state index contributed by atoms with van der Waals surface area (Å²) in [7, 11) is 5.42. The number of carbonyl (C=O) groups is 2. The highest BCUT2D eigenvalue weighted by atomic mass is 35.5. The van der Waals surface area contributed by atoms with Crippen LogP contribution in [0.4, 0.5) is 11.4 Å². The van der Waals surface area contributed by atoms with Gasteiger partial charge in [-0.15, -0.1) is 0 Å².